The average Bonchev–Trinajstić information content (AvgIpc) is 2.84. The molecule has 2 heterocycles. The maximum Gasteiger partial charge on any atom is 0.236 e. The summed E-state index contributed by atoms with van der Waals surface area (Å²) in [5.74, 6) is 1.20. The lowest BCUT2D eigenvalue weighted by molar-refractivity contribution is -0.135. The minimum absolute atomic E-state index is 0.253. The third-order valence-electron chi connectivity index (χ3n) is 6.98. The predicted molar refractivity (Wildman–Crippen MR) is 145 cm³/mol. The second kappa shape index (κ2) is 14.6. The summed E-state index contributed by atoms with van der Waals surface area (Å²) >= 11 is 3.45. The fourth-order valence-electron chi connectivity index (χ4n) is 4.59. The van der Waals surface area contributed by atoms with Crippen molar-refractivity contribution in [1.82, 2.24) is 19.6 Å². The topological polar surface area (TPSA) is 56.3 Å². The highest BCUT2D eigenvalue weighted by atomic mass is 79.9. The van der Waals surface area contributed by atoms with Gasteiger partial charge in [0, 0.05) is 68.4 Å². The van der Waals surface area contributed by atoms with E-state index in [0.717, 1.165) is 87.0 Å². The Morgan fingerprint density at radius 2 is 1.77 bits per heavy atom. The Morgan fingerprint density at radius 3 is 2.34 bits per heavy atom. The first-order chi connectivity index (χ1) is 17.0. The normalized spacial score (nSPS) is 19.7. The molecule has 0 bridgehead atoms. The van der Waals surface area contributed by atoms with Crippen LogP contribution in [0, 0.1) is 0 Å². The summed E-state index contributed by atoms with van der Waals surface area (Å²) in [7, 11) is 0. The van der Waals surface area contributed by atoms with Crippen LogP contribution >= 0.6 is 15.9 Å². The zero-order chi connectivity index (χ0) is 25.0. The van der Waals surface area contributed by atoms with Gasteiger partial charge in [0.1, 0.15) is 5.75 Å². The molecule has 2 aliphatic heterocycles. The SMILES string of the molecule is CC/C=C/c1cc(Br)ccc1OCC.O=CN1CCN(CC(=O)N2CCN(C3CCC3)CC2)CC1. The molecule has 0 unspecified atom stereocenters. The van der Waals surface area contributed by atoms with Gasteiger partial charge in [-0.3, -0.25) is 19.4 Å². The van der Waals surface area contributed by atoms with Gasteiger partial charge in [-0.1, -0.05) is 41.4 Å². The molecule has 0 spiro atoms. The molecule has 35 heavy (non-hydrogen) atoms. The zero-order valence-corrected chi connectivity index (χ0v) is 22.9. The second-order valence-electron chi connectivity index (χ2n) is 9.34. The number of halogens is 1. The number of amides is 2. The molecule has 3 aliphatic rings. The Kier molecular flexibility index (Phi) is 11.6. The molecule has 1 saturated carbocycles. The van der Waals surface area contributed by atoms with Crippen molar-refractivity contribution >= 4 is 34.3 Å². The van der Waals surface area contributed by atoms with Crippen LogP contribution in [-0.4, -0.2) is 103 Å². The van der Waals surface area contributed by atoms with Crippen LogP contribution in [-0.2, 0) is 9.59 Å². The van der Waals surface area contributed by atoms with E-state index in [9.17, 15) is 9.59 Å². The number of rotatable bonds is 8. The van der Waals surface area contributed by atoms with Gasteiger partial charge in [0.15, 0.2) is 0 Å². The fourth-order valence-corrected chi connectivity index (χ4v) is 4.97. The summed E-state index contributed by atoms with van der Waals surface area (Å²) in [6, 6.07) is 6.84. The van der Waals surface area contributed by atoms with Crippen LogP contribution in [0.4, 0.5) is 0 Å². The van der Waals surface area contributed by atoms with Gasteiger partial charge in [-0.25, -0.2) is 0 Å². The van der Waals surface area contributed by atoms with Crippen LogP contribution in [0.1, 0.15) is 45.1 Å². The predicted octanol–water partition coefficient (Wildman–Crippen LogP) is 3.73. The largest absolute Gasteiger partial charge is 0.493 e. The molecule has 8 heteroatoms. The number of carbonyl (C=O) groups excluding carboxylic acids is 2. The molecule has 2 amide bonds. The smallest absolute Gasteiger partial charge is 0.236 e. The highest BCUT2D eigenvalue weighted by Crippen LogP contribution is 2.26. The first kappa shape index (κ1) is 27.7. The van der Waals surface area contributed by atoms with Crippen molar-refractivity contribution < 1.29 is 14.3 Å². The summed E-state index contributed by atoms with van der Waals surface area (Å²) in [5, 5.41) is 0. The van der Waals surface area contributed by atoms with Crippen molar-refractivity contribution in [2.75, 3.05) is 65.5 Å². The standard InChI is InChI=1S/C15H26N4O2.C12H15BrO/c20-13-17-6-4-16(5-7-17)12-15(21)19-10-8-18(9-11-19)14-2-1-3-14;1-3-5-6-10-9-11(13)7-8-12(10)14-4-2/h13-14H,1-12H2;5-9H,3-4H2,1-2H3/b;6-5+. The lowest BCUT2D eigenvalue weighted by atomic mass is 9.91. The second-order valence-corrected chi connectivity index (χ2v) is 10.3. The van der Waals surface area contributed by atoms with E-state index < -0.39 is 0 Å². The quantitative estimate of drug-likeness (QED) is 0.463. The van der Waals surface area contributed by atoms with E-state index in [1.165, 1.54) is 19.3 Å². The van der Waals surface area contributed by atoms with Gasteiger partial charge in [-0.2, -0.15) is 0 Å². The number of benzene rings is 1. The molecule has 194 valence electrons. The third-order valence-corrected chi connectivity index (χ3v) is 7.47. The number of allylic oxidation sites excluding steroid dienone is 1. The van der Waals surface area contributed by atoms with Crippen LogP contribution in [0.2, 0.25) is 0 Å². The van der Waals surface area contributed by atoms with Crippen molar-refractivity contribution in [3.63, 3.8) is 0 Å². The molecular formula is C27H41BrN4O3. The number of hydrogen-bond donors (Lipinski definition) is 0. The van der Waals surface area contributed by atoms with Gasteiger partial charge in [-0.05, 0) is 44.4 Å². The molecular weight excluding hydrogens is 508 g/mol. The highest BCUT2D eigenvalue weighted by Gasteiger charge is 2.30. The van der Waals surface area contributed by atoms with E-state index in [2.05, 4.69) is 50.9 Å². The summed E-state index contributed by atoms with van der Waals surface area (Å²) in [6.45, 7) is 12.3. The van der Waals surface area contributed by atoms with E-state index in [0.29, 0.717) is 13.2 Å². The number of piperazine rings is 2. The van der Waals surface area contributed by atoms with Crippen molar-refractivity contribution in [3.8, 4) is 5.75 Å². The molecule has 0 radical (unpaired) electrons. The lowest BCUT2D eigenvalue weighted by Gasteiger charge is -2.43. The Morgan fingerprint density at radius 1 is 1.06 bits per heavy atom. The molecule has 3 fully saturated rings. The van der Waals surface area contributed by atoms with Gasteiger partial charge in [0.2, 0.25) is 12.3 Å². The Balaban J connectivity index is 0.000000214. The van der Waals surface area contributed by atoms with Crippen molar-refractivity contribution in [2.45, 2.75) is 45.6 Å². The van der Waals surface area contributed by atoms with Gasteiger partial charge >= 0.3 is 0 Å². The van der Waals surface area contributed by atoms with Crippen LogP contribution in [0.15, 0.2) is 28.7 Å². The Hall–Kier alpha value is -1.90. The summed E-state index contributed by atoms with van der Waals surface area (Å²) in [4.78, 5) is 31.5. The molecule has 4 rings (SSSR count). The van der Waals surface area contributed by atoms with Crippen LogP contribution in [0.25, 0.3) is 6.08 Å². The van der Waals surface area contributed by atoms with Gasteiger partial charge < -0.3 is 14.5 Å². The molecule has 7 nitrogen and oxygen atoms in total. The van der Waals surface area contributed by atoms with Crippen LogP contribution in [0.5, 0.6) is 5.75 Å². The van der Waals surface area contributed by atoms with Gasteiger partial charge in [0.05, 0.1) is 13.2 Å². The molecule has 1 aliphatic carbocycles. The molecule has 0 N–H and O–H groups in total. The summed E-state index contributed by atoms with van der Waals surface area (Å²) in [5.41, 5.74) is 1.13. The minimum atomic E-state index is 0.253. The van der Waals surface area contributed by atoms with Crippen molar-refractivity contribution in [2.24, 2.45) is 0 Å². The fraction of sp³-hybridized carbons (Fsp3) is 0.630. The number of carbonyl (C=O) groups is 2. The van der Waals surface area contributed by atoms with E-state index in [1.807, 2.05) is 24.0 Å². The van der Waals surface area contributed by atoms with E-state index in [-0.39, 0.29) is 5.91 Å². The maximum absolute atomic E-state index is 12.4. The van der Waals surface area contributed by atoms with E-state index >= 15 is 0 Å². The third kappa shape index (κ3) is 8.62. The number of ether oxygens (including phenoxy) is 1. The Bertz CT molecular complexity index is 830. The average molecular weight is 550 g/mol. The first-order valence-electron chi connectivity index (χ1n) is 13.1. The monoisotopic (exact) mass is 548 g/mol. The number of hydrogen-bond acceptors (Lipinski definition) is 5. The summed E-state index contributed by atoms with van der Waals surface area (Å²) in [6.07, 6.45) is 10.2. The molecule has 0 atom stereocenters. The van der Waals surface area contributed by atoms with E-state index in [1.54, 1.807) is 4.90 Å². The lowest BCUT2D eigenvalue weighted by Crippen LogP contribution is -2.56. The maximum atomic E-state index is 12.4. The number of nitrogens with zero attached hydrogens (tertiary/aromatic N) is 4. The van der Waals surface area contributed by atoms with Crippen LogP contribution in [0.3, 0.4) is 0 Å². The van der Waals surface area contributed by atoms with Gasteiger partial charge in [0.25, 0.3) is 0 Å². The summed E-state index contributed by atoms with van der Waals surface area (Å²) < 4.78 is 6.60. The van der Waals surface area contributed by atoms with Crippen molar-refractivity contribution in [3.05, 3.63) is 34.3 Å². The molecule has 1 aromatic rings. The van der Waals surface area contributed by atoms with E-state index in [4.69, 9.17) is 4.74 Å². The molecule has 1 aromatic carbocycles. The Labute approximate surface area is 219 Å². The van der Waals surface area contributed by atoms with Crippen LogP contribution < -0.4 is 4.74 Å². The molecule has 0 aromatic heterocycles. The minimum Gasteiger partial charge on any atom is -0.493 e. The first-order valence-corrected chi connectivity index (χ1v) is 13.9. The van der Waals surface area contributed by atoms with Crippen molar-refractivity contribution in [1.29, 1.82) is 0 Å². The zero-order valence-electron chi connectivity index (χ0n) is 21.3. The highest BCUT2D eigenvalue weighted by molar-refractivity contribution is 9.10. The molecule has 2 saturated heterocycles. The van der Waals surface area contributed by atoms with Gasteiger partial charge in [-0.15, -0.1) is 0 Å².